The Kier molecular flexibility index (Phi) is 2.33. The highest BCUT2D eigenvalue weighted by atomic mass is 35.5. The molecule has 4 heteroatoms. The molecule has 0 spiro atoms. The molecule has 2 N–H and O–H groups in total. The molecule has 0 radical (unpaired) electrons. The third-order valence-electron chi connectivity index (χ3n) is 2.40. The van der Waals surface area contributed by atoms with Crippen LogP contribution < -0.4 is 5.32 Å². The quantitative estimate of drug-likeness (QED) is 0.552. The maximum absolute atomic E-state index is 10.6. The molecule has 1 aliphatic heterocycles. The molecule has 2 rings (SSSR count). The fraction of sp³-hybridized carbons (Fsp3) is 0.300. The van der Waals surface area contributed by atoms with Gasteiger partial charge in [0.1, 0.15) is 12.0 Å². The molecule has 1 aromatic rings. The van der Waals surface area contributed by atoms with Gasteiger partial charge in [-0.3, -0.25) is 0 Å². The lowest BCUT2D eigenvalue weighted by atomic mass is 9.98. The van der Waals surface area contributed by atoms with Gasteiger partial charge < -0.3 is 15.2 Å². The van der Waals surface area contributed by atoms with E-state index in [0.717, 1.165) is 30.4 Å². The number of anilines is 1. The van der Waals surface area contributed by atoms with Crippen molar-refractivity contribution in [3.05, 3.63) is 22.7 Å². The van der Waals surface area contributed by atoms with Crippen molar-refractivity contribution in [3.8, 4) is 5.75 Å². The van der Waals surface area contributed by atoms with Gasteiger partial charge in [-0.15, -0.1) is 0 Å². The predicted molar refractivity (Wildman–Crippen MR) is 54.9 cm³/mol. The average molecular weight is 212 g/mol. The Bertz CT molecular complexity index is 379. The number of benzene rings is 1. The number of fused-ring (bicyclic) bond motifs is 1. The smallest absolute Gasteiger partial charge is 0.142 e. The van der Waals surface area contributed by atoms with Crippen LogP contribution in [-0.4, -0.2) is 17.4 Å². The zero-order chi connectivity index (χ0) is 10.1. The summed E-state index contributed by atoms with van der Waals surface area (Å²) in [5, 5.41) is 12.7. The van der Waals surface area contributed by atoms with Gasteiger partial charge in [0.25, 0.3) is 0 Å². The van der Waals surface area contributed by atoms with Crippen LogP contribution in [0.15, 0.2) is 12.1 Å². The minimum absolute atomic E-state index is 0.0942. The summed E-state index contributed by atoms with van der Waals surface area (Å²) in [6.07, 6.45) is 2.44. The van der Waals surface area contributed by atoms with E-state index >= 15 is 0 Å². The first-order chi connectivity index (χ1) is 6.70. The molecule has 3 nitrogen and oxygen atoms in total. The van der Waals surface area contributed by atoms with Crippen molar-refractivity contribution in [1.82, 2.24) is 0 Å². The Balaban J connectivity index is 2.38. The molecule has 1 heterocycles. The predicted octanol–water partition coefficient (Wildman–Crippen LogP) is 1.97. The first-order valence-corrected chi connectivity index (χ1v) is 4.81. The number of hydrogen-bond donors (Lipinski definition) is 2. The van der Waals surface area contributed by atoms with E-state index in [9.17, 15) is 9.90 Å². The standard InChI is InChI=1S/C10H10ClNO2/c11-8-4-9-6(3-10(8)14)1-2-7(5-13)12-9/h3-5,7,12,14H,1-2H2. The number of phenolic OH excluding ortho intramolecular Hbond substituents is 1. The highest BCUT2D eigenvalue weighted by Gasteiger charge is 2.18. The van der Waals surface area contributed by atoms with Crippen LogP contribution in [0.2, 0.25) is 5.02 Å². The topological polar surface area (TPSA) is 49.3 Å². The number of hydrogen-bond acceptors (Lipinski definition) is 3. The molecule has 1 unspecified atom stereocenters. The minimum Gasteiger partial charge on any atom is -0.506 e. The van der Waals surface area contributed by atoms with Crippen LogP contribution >= 0.6 is 11.6 Å². The Labute approximate surface area is 86.7 Å². The number of nitrogens with one attached hydrogen (secondary N) is 1. The lowest BCUT2D eigenvalue weighted by Gasteiger charge is -2.23. The fourth-order valence-corrected chi connectivity index (χ4v) is 1.79. The molecule has 0 bridgehead atoms. The van der Waals surface area contributed by atoms with Gasteiger partial charge in [0.2, 0.25) is 0 Å². The molecular weight excluding hydrogens is 202 g/mol. The molecular formula is C10H10ClNO2. The number of carbonyl (C=O) groups excluding carboxylic acids is 1. The summed E-state index contributed by atoms with van der Waals surface area (Å²) in [7, 11) is 0. The SMILES string of the molecule is O=CC1CCc2cc(O)c(Cl)cc2N1. The van der Waals surface area contributed by atoms with Crippen LogP contribution in [0.3, 0.4) is 0 Å². The van der Waals surface area contributed by atoms with E-state index in [4.69, 9.17) is 11.6 Å². The van der Waals surface area contributed by atoms with Crippen molar-refractivity contribution < 1.29 is 9.90 Å². The monoisotopic (exact) mass is 211 g/mol. The number of rotatable bonds is 1. The normalized spacial score (nSPS) is 19.6. The van der Waals surface area contributed by atoms with Crippen molar-refractivity contribution in [2.75, 3.05) is 5.32 Å². The summed E-state index contributed by atoms with van der Waals surface area (Å²) in [6.45, 7) is 0. The van der Waals surface area contributed by atoms with Crippen LogP contribution in [0.25, 0.3) is 0 Å². The minimum atomic E-state index is -0.136. The van der Waals surface area contributed by atoms with E-state index in [0.29, 0.717) is 5.02 Å². The van der Waals surface area contributed by atoms with E-state index in [2.05, 4.69) is 5.32 Å². The van der Waals surface area contributed by atoms with Crippen molar-refractivity contribution in [2.45, 2.75) is 18.9 Å². The molecule has 1 aromatic carbocycles. The van der Waals surface area contributed by atoms with Crippen molar-refractivity contribution in [3.63, 3.8) is 0 Å². The second kappa shape index (κ2) is 3.50. The highest BCUT2D eigenvalue weighted by Crippen LogP contribution is 2.33. The van der Waals surface area contributed by atoms with Gasteiger partial charge in [-0.25, -0.2) is 0 Å². The number of aryl methyl sites for hydroxylation is 1. The number of aromatic hydroxyl groups is 1. The van der Waals surface area contributed by atoms with Crippen molar-refractivity contribution >= 4 is 23.6 Å². The summed E-state index contributed by atoms with van der Waals surface area (Å²) < 4.78 is 0. The summed E-state index contributed by atoms with van der Waals surface area (Å²) >= 11 is 5.76. The fourth-order valence-electron chi connectivity index (χ4n) is 1.63. The molecule has 0 amide bonds. The van der Waals surface area contributed by atoms with Gasteiger partial charge in [-0.1, -0.05) is 11.6 Å². The van der Waals surface area contributed by atoms with Crippen LogP contribution in [-0.2, 0) is 11.2 Å². The molecule has 0 saturated heterocycles. The molecule has 0 saturated carbocycles. The molecule has 1 aliphatic rings. The van der Waals surface area contributed by atoms with Crippen LogP contribution in [0.1, 0.15) is 12.0 Å². The molecule has 1 atom stereocenters. The van der Waals surface area contributed by atoms with Gasteiger partial charge in [0.15, 0.2) is 0 Å². The lowest BCUT2D eigenvalue weighted by Crippen LogP contribution is -2.26. The van der Waals surface area contributed by atoms with E-state index in [-0.39, 0.29) is 11.8 Å². The number of phenols is 1. The Morgan fingerprint density at radius 3 is 3.07 bits per heavy atom. The molecule has 0 aliphatic carbocycles. The zero-order valence-electron chi connectivity index (χ0n) is 7.46. The summed E-state index contributed by atoms with van der Waals surface area (Å²) in [5.74, 6) is 0.0942. The molecule has 0 fully saturated rings. The highest BCUT2D eigenvalue weighted by molar-refractivity contribution is 6.32. The van der Waals surface area contributed by atoms with Crippen LogP contribution in [0.4, 0.5) is 5.69 Å². The average Bonchev–Trinajstić information content (AvgIpc) is 2.19. The largest absolute Gasteiger partial charge is 0.506 e. The second-order valence-corrected chi connectivity index (χ2v) is 3.79. The van der Waals surface area contributed by atoms with Crippen molar-refractivity contribution in [1.29, 1.82) is 0 Å². The van der Waals surface area contributed by atoms with E-state index in [1.165, 1.54) is 0 Å². The van der Waals surface area contributed by atoms with E-state index in [1.54, 1.807) is 12.1 Å². The van der Waals surface area contributed by atoms with Gasteiger partial charge in [-0.05, 0) is 30.5 Å². The third-order valence-corrected chi connectivity index (χ3v) is 2.71. The first-order valence-electron chi connectivity index (χ1n) is 4.44. The second-order valence-electron chi connectivity index (χ2n) is 3.39. The number of carbonyl (C=O) groups is 1. The maximum atomic E-state index is 10.6. The Morgan fingerprint density at radius 1 is 1.57 bits per heavy atom. The van der Waals surface area contributed by atoms with Crippen LogP contribution in [0, 0.1) is 0 Å². The molecule has 14 heavy (non-hydrogen) atoms. The Morgan fingerprint density at radius 2 is 2.36 bits per heavy atom. The molecule has 0 aromatic heterocycles. The summed E-state index contributed by atoms with van der Waals surface area (Å²) in [4.78, 5) is 10.6. The van der Waals surface area contributed by atoms with Gasteiger partial charge in [-0.2, -0.15) is 0 Å². The summed E-state index contributed by atoms with van der Waals surface area (Å²) in [5.41, 5.74) is 1.85. The first kappa shape index (κ1) is 9.34. The number of aldehydes is 1. The maximum Gasteiger partial charge on any atom is 0.142 e. The van der Waals surface area contributed by atoms with Gasteiger partial charge in [0, 0.05) is 5.69 Å². The molecule has 74 valence electrons. The summed E-state index contributed by atoms with van der Waals surface area (Å²) in [6, 6.07) is 3.16. The van der Waals surface area contributed by atoms with Crippen LogP contribution in [0.5, 0.6) is 5.75 Å². The zero-order valence-corrected chi connectivity index (χ0v) is 8.21. The van der Waals surface area contributed by atoms with E-state index in [1.807, 2.05) is 0 Å². The van der Waals surface area contributed by atoms with E-state index < -0.39 is 0 Å². The Hall–Kier alpha value is -1.22. The van der Waals surface area contributed by atoms with Crippen molar-refractivity contribution in [2.24, 2.45) is 0 Å². The van der Waals surface area contributed by atoms with Gasteiger partial charge >= 0.3 is 0 Å². The van der Waals surface area contributed by atoms with Gasteiger partial charge in [0.05, 0.1) is 11.1 Å². The third kappa shape index (κ3) is 1.55. The lowest BCUT2D eigenvalue weighted by molar-refractivity contribution is -0.108. The number of halogens is 1.